The van der Waals surface area contributed by atoms with Crippen molar-refractivity contribution in [2.45, 2.75) is 27.2 Å². The van der Waals surface area contributed by atoms with E-state index >= 15 is 0 Å². The van der Waals surface area contributed by atoms with Gasteiger partial charge in [-0.15, -0.1) is 0 Å². The normalized spacial score (nSPS) is 9.68. The van der Waals surface area contributed by atoms with Gasteiger partial charge in [0.2, 0.25) is 0 Å². The summed E-state index contributed by atoms with van der Waals surface area (Å²) in [6, 6.07) is 26.5. The van der Waals surface area contributed by atoms with Crippen LogP contribution in [0.3, 0.4) is 0 Å². The van der Waals surface area contributed by atoms with Gasteiger partial charge in [0.1, 0.15) is 17.0 Å². The smallest absolute Gasteiger partial charge is 0.141 e. The number of aromatic hydroxyl groups is 2. The van der Waals surface area contributed by atoms with Crippen LogP contribution in [0.5, 0.6) is 11.5 Å². The number of phenols is 2. The Labute approximate surface area is 167 Å². The van der Waals surface area contributed by atoms with Crippen LogP contribution in [-0.2, 0) is 0 Å². The fraction of sp³-hybridized carbons (Fsp3) is 0.160. The van der Waals surface area contributed by atoms with E-state index < -0.39 is 0 Å². The molecule has 0 saturated heterocycles. The van der Waals surface area contributed by atoms with Crippen molar-refractivity contribution in [3.05, 3.63) is 90.6 Å². The molecule has 0 amide bonds. The first kappa shape index (κ1) is 21.0. The summed E-state index contributed by atoms with van der Waals surface area (Å²) in [4.78, 5) is 4.23. The molecule has 0 aliphatic heterocycles. The van der Waals surface area contributed by atoms with Gasteiger partial charge in [0.25, 0.3) is 0 Å². The first-order chi connectivity index (χ1) is 13.6. The molecule has 4 aromatic rings. The maximum absolute atomic E-state index is 9.56. The number of hydrogen-bond acceptors (Lipinski definition) is 3. The highest BCUT2D eigenvalue weighted by Crippen LogP contribution is 2.27. The summed E-state index contributed by atoms with van der Waals surface area (Å²) in [6.07, 6.45) is 1.25. The second kappa shape index (κ2) is 10.7. The third-order valence-electron chi connectivity index (χ3n) is 3.83. The Morgan fingerprint density at radius 1 is 0.679 bits per heavy atom. The molecular formula is C25H27NO2. The van der Waals surface area contributed by atoms with Gasteiger partial charge in [0.05, 0.1) is 0 Å². The summed E-state index contributed by atoms with van der Waals surface area (Å²) in [6.45, 7) is 6.16. The van der Waals surface area contributed by atoms with Crippen molar-refractivity contribution >= 4 is 10.9 Å². The predicted octanol–water partition coefficient (Wildman–Crippen LogP) is 6.72. The van der Waals surface area contributed by atoms with Crippen molar-refractivity contribution in [3.8, 4) is 22.6 Å². The lowest BCUT2D eigenvalue weighted by Crippen LogP contribution is -1.82. The van der Waals surface area contributed by atoms with E-state index in [0.29, 0.717) is 11.3 Å². The first-order valence-electron chi connectivity index (χ1n) is 9.45. The summed E-state index contributed by atoms with van der Waals surface area (Å²) in [5, 5.41) is 20.0. The molecule has 3 heteroatoms. The SMILES string of the molecule is CCC.Cc1ccc2cccc(O)c2n1.Oc1ccccc1-c1ccccc1. The maximum atomic E-state index is 9.56. The Kier molecular flexibility index (Phi) is 8.04. The number of pyridine rings is 1. The molecule has 0 atom stereocenters. The van der Waals surface area contributed by atoms with Gasteiger partial charge in [-0.25, -0.2) is 4.98 Å². The number of phenolic OH excluding ortho intramolecular Hbond substituents is 2. The lowest BCUT2D eigenvalue weighted by atomic mass is 10.1. The number of fused-ring (bicyclic) bond motifs is 1. The van der Waals surface area contributed by atoms with Crippen LogP contribution >= 0.6 is 0 Å². The van der Waals surface area contributed by atoms with Crippen LogP contribution in [0.2, 0.25) is 0 Å². The first-order valence-corrected chi connectivity index (χ1v) is 9.45. The van der Waals surface area contributed by atoms with E-state index in [1.165, 1.54) is 6.42 Å². The minimum atomic E-state index is 0.246. The molecule has 0 aliphatic rings. The summed E-state index contributed by atoms with van der Waals surface area (Å²) >= 11 is 0. The van der Waals surface area contributed by atoms with Crippen molar-refractivity contribution in [3.63, 3.8) is 0 Å². The summed E-state index contributed by atoms with van der Waals surface area (Å²) in [5.41, 5.74) is 3.52. The molecule has 4 rings (SSSR count). The van der Waals surface area contributed by atoms with Gasteiger partial charge in [-0.3, -0.25) is 0 Å². The molecule has 0 unspecified atom stereocenters. The molecule has 3 nitrogen and oxygen atoms in total. The maximum Gasteiger partial charge on any atom is 0.141 e. The van der Waals surface area contributed by atoms with Gasteiger partial charge in [-0.2, -0.15) is 0 Å². The zero-order chi connectivity index (χ0) is 20.4. The highest BCUT2D eigenvalue weighted by molar-refractivity contribution is 5.84. The van der Waals surface area contributed by atoms with Gasteiger partial charge in [0, 0.05) is 16.6 Å². The highest BCUT2D eigenvalue weighted by atomic mass is 16.3. The van der Waals surface area contributed by atoms with Gasteiger partial charge in [0.15, 0.2) is 0 Å². The number of nitrogens with zero attached hydrogens (tertiary/aromatic N) is 1. The van der Waals surface area contributed by atoms with Crippen LogP contribution in [0.15, 0.2) is 84.9 Å². The quantitative estimate of drug-likeness (QED) is 0.389. The summed E-state index contributed by atoms with van der Waals surface area (Å²) in [7, 11) is 0. The zero-order valence-corrected chi connectivity index (χ0v) is 16.6. The summed E-state index contributed by atoms with van der Waals surface area (Å²) in [5.74, 6) is 0.574. The number of benzene rings is 3. The Morgan fingerprint density at radius 3 is 1.96 bits per heavy atom. The number of hydrogen-bond donors (Lipinski definition) is 2. The zero-order valence-electron chi connectivity index (χ0n) is 16.6. The number of aryl methyl sites for hydroxylation is 1. The molecular weight excluding hydrogens is 346 g/mol. The third kappa shape index (κ3) is 5.85. The molecule has 28 heavy (non-hydrogen) atoms. The standard InChI is InChI=1S/C12H10O.C10H9NO.C3H8/c13-12-9-5-4-8-11(12)10-6-2-1-3-7-10;1-7-5-6-8-3-2-4-9(12)10(8)11-7;1-3-2/h1-9,13H;2-6,12H,1H3;3H2,1-2H3. The van der Waals surface area contributed by atoms with Gasteiger partial charge >= 0.3 is 0 Å². The van der Waals surface area contributed by atoms with E-state index in [0.717, 1.165) is 22.2 Å². The lowest BCUT2D eigenvalue weighted by Gasteiger charge is -2.02. The second-order valence-electron chi connectivity index (χ2n) is 6.39. The van der Waals surface area contributed by atoms with E-state index in [-0.39, 0.29) is 5.75 Å². The molecule has 144 valence electrons. The van der Waals surface area contributed by atoms with Crippen LogP contribution in [0.25, 0.3) is 22.0 Å². The third-order valence-corrected chi connectivity index (χ3v) is 3.83. The predicted molar refractivity (Wildman–Crippen MR) is 118 cm³/mol. The average Bonchev–Trinajstić information content (AvgIpc) is 2.71. The van der Waals surface area contributed by atoms with Crippen molar-refractivity contribution in [1.82, 2.24) is 4.98 Å². The summed E-state index contributed by atoms with van der Waals surface area (Å²) < 4.78 is 0. The molecule has 0 fully saturated rings. The number of para-hydroxylation sites is 2. The molecule has 0 aliphatic carbocycles. The highest BCUT2D eigenvalue weighted by Gasteiger charge is 2.00. The minimum absolute atomic E-state index is 0.246. The van der Waals surface area contributed by atoms with Gasteiger partial charge < -0.3 is 10.2 Å². The van der Waals surface area contributed by atoms with E-state index in [4.69, 9.17) is 0 Å². The molecule has 1 heterocycles. The van der Waals surface area contributed by atoms with Crippen molar-refractivity contribution in [1.29, 1.82) is 0 Å². The van der Waals surface area contributed by atoms with Crippen LogP contribution in [0, 0.1) is 6.92 Å². The topological polar surface area (TPSA) is 53.4 Å². The fourth-order valence-corrected chi connectivity index (χ4v) is 2.56. The van der Waals surface area contributed by atoms with Gasteiger partial charge in [-0.1, -0.05) is 87.0 Å². The fourth-order valence-electron chi connectivity index (χ4n) is 2.56. The molecule has 2 N–H and O–H groups in total. The largest absolute Gasteiger partial charge is 0.507 e. The van der Waals surface area contributed by atoms with E-state index in [9.17, 15) is 10.2 Å². The van der Waals surface area contributed by atoms with Crippen molar-refractivity contribution in [2.75, 3.05) is 0 Å². The monoisotopic (exact) mass is 373 g/mol. The number of aromatic nitrogens is 1. The van der Waals surface area contributed by atoms with Crippen molar-refractivity contribution < 1.29 is 10.2 Å². The Morgan fingerprint density at radius 2 is 1.29 bits per heavy atom. The Bertz CT molecular complexity index is 997. The number of rotatable bonds is 1. The average molecular weight is 373 g/mol. The van der Waals surface area contributed by atoms with E-state index in [1.54, 1.807) is 12.1 Å². The van der Waals surface area contributed by atoms with Crippen LogP contribution in [0.4, 0.5) is 0 Å². The Hall–Kier alpha value is -3.33. The van der Waals surface area contributed by atoms with Crippen LogP contribution < -0.4 is 0 Å². The molecule has 0 radical (unpaired) electrons. The van der Waals surface area contributed by atoms with Crippen molar-refractivity contribution in [2.24, 2.45) is 0 Å². The van der Waals surface area contributed by atoms with Crippen LogP contribution in [-0.4, -0.2) is 15.2 Å². The molecule has 3 aromatic carbocycles. The van der Waals surface area contributed by atoms with Gasteiger partial charge in [-0.05, 0) is 30.7 Å². The minimum Gasteiger partial charge on any atom is -0.507 e. The van der Waals surface area contributed by atoms with E-state index in [1.807, 2.05) is 79.7 Å². The molecule has 0 spiro atoms. The molecule has 0 saturated carbocycles. The van der Waals surface area contributed by atoms with Crippen LogP contribution in [0.1, 0.15) is 26.0 Å². The molecule has 0 bridgehead atoms. The lowest BCUT2D eigenvalue weighted by molar-refractivity contribution is 0.477. The Balaban J connectivity index is 0.000000176. The molecule has 1 aromatic heterocycles. The second-order valence-corrected chi connectivity index (χ2v) is 6.39. The van der Waals surface area contributed by atoms with E-state index in [2.05, 4.69) is 18.8 Å².